The van der Waals surface area contributed by atoms with Crippen LogP contribution in [0.4, 0.5) is 5.95 Å². The molecule has 30 heavy (non-hydrogen) atoms. The summed E-state index contributed by atoms with van der Waals surface area (Å²) >= 11 is 7.17. The molecule has 0 spiro atoms. The Morgan fingerprint density at radius 1 is 1.13 bits per heavy atom. The van der Waals surface area contributed by atoms with Gasteiger partial charge in [0.05, 0.1) is 11.3 Å². The van der Waals surface area contributed by atoms with Crippen molar-refractivity contribution >= 4 is 49.2 Å². The number of carbonyl (C=O) groups is 1. The van der Waals surface area contributed by atoms with E-state index in [0.717, 1.165) is 34.6 Å². The third-order valence-electron chi connectivity index (χ3n) is 4.02. The zero-order chi connectivity index (χ0) is 21.0. The SMILES string of the molecule is Cc1cccc(C)c1-c1cc(Cl)nc(NN(C)SOc2cccc(C(=O)O)c2)n1.S. The molecule has 2 N–H and O–H groups in total. The van der Waals surface area contributed by atoms with Crippen LogP contribution in [0.2, 0.25) is 5.15 Å². The van der Waals surface area contributed by atoms with Gasteiger partial charge < -0.3 is 9.29 Å². The molecule has 0 amide bonds. The summed E-state index contributed by atoms with van der Waals surface area (Å²) in [6.45, 7) is 4.04. The van der Waals surface area contributed by atoms with Crippen LogP contribution in [-0.4, -0.2) is 32.5 Å². The Kier molecular flexibility index (Phi) is 8.36. The number of nitrogens with one attached hydrogen (secondary N) is 1. The molecule has 0 radical (unpaired) electrons. The van der Waals surface area contributed by atoms with Crippen LogP contribution in [0.15, 0.2) is 48.5 Å². The lowest BCUT2D eigenvalue weighted by molar-refractivity contribution is 0.0696. The zero-order valence-electron chi connectivity index (χ0n) is 16.5. The lowest BCUT2D eigenvalue weighted by atomic mass is 10.00. The Balaban J connectivity index is 0.00000320. The monoisotopic (exact) mass is 464 g/mol. The van der Waals surface area contributed by atoms with Gasteiger partial charge in [0, 0.05) is 18.7 Å². The first-order valence-corrected chi connectivity index (χ1v) is 9.70. The molecule has 2 aromatic carbocycles. The van der Waals surface area contributed by atoms with Gasteiger partial charge >= 0.3 is 5.97 Å². The average Bonchev–Trinajstić information content (AvgIpc) is 2.66. The van der Waals surface area contributed by atoms with Crippen LogP contribution in [0.3, 0.4) is 0 Å². The summed E-state index contributed by atoms with van der Waals surface area (Å²) in [5.41, 5.74) is 7.05. The molecule has 0 aliphatic heterocycles. The van der Waals surface area contributed by atoms with Crippen molar-refractivity contribution in [1.82, 2.24) is 14.4 Å². The number of aryl methyl sites for hydroxylation is 2. The van der Waals surface area contributed by atoms with E-state index in [1.807, 2.05) is 32.0 Å². The van der Waals surface area contributed by atoms with Crippen molar-refractivity contribution < 1.29 is 14.1 Å². The number of carboxylic acids is 1. The Hall–Kier alpha value is -2.46. The molecule has 10 heteroatoms. The molecule has 1 heterocycles. The molecule has 0 aliphatic carbocycles. The van der Waals surface area contributed by atoms with Crippen molar-refractivity contribution in [3.63, 3.8) is 0 Å². The van der Waals surface area contributed by atoms with E-state index in [1.54, 1.807) is 29.7 Å². The van der Waals surface area contributed by atoms with Crippen molar-refractivity contribution in [1.29, 1.82) is 0 Å². The van der Waals surface area contributed by atoms with E-state index in [-0.39, 0.29) is 19.1 Å². The summed E-state index contributed by atoms with van der Waals surface area (Å²) in [6.07, 6.45) is 0. The van der Waals surface area contributed by atoms with Gasteiger partial charge in [0.2, 0.25) is 5.95 Å². The van der Waals surface area contributed by atoms with Crippen molar-refractivity contribution in [3.05, 3.63) is 70.4 Å². The summed E-state index contributed by atoms with van der Waals surface area (Å²) < 4.78 is 7.09. The lowest BCUT2D eigenvalue weighted by Gasteiger charge is -2.17. The second-order valence-corrected chi connectivity index (χ2v) is 7.52. The summed E-state index contributed by atoms with van der Waals surface area (Å²) in [5, 5.41) is 9.37. The van der Waals surface area contributed by atoms with Gasteiger partial charge in [0.1, 0.15) is 10.9 Å². The number of halogens is 1. The summed E-state index contributed by atoms with van der Waals surface area (Å²) in [4.78, 5) is 19.8. The number of hydrazine groups is 1. The number of benzene rings is 2. The van der Waals surface area contributed by atoms with Crippen LogP contribution in [0.25, 0.3) is 11.3 Å². The Morgan fingerprint density at radius 3 is 2.47 bits per heavy atom. The highest BCUT2D eigenvalue weighted by atomic mass is 35.5. The molecule has 158 valence electrons. The van der Waals surface area contributed by atoms with E-state index in [2.05, 4.69) is 15.4 Å². The van der Waals surface area contributed by atoms with Gasteiger partial charge in [-0.05, 0) is 43.2 Å². The Labute approximate surface area is 191 Å². The largest absolute Gasteiger partial charge is 0.478 e. The highest BCUT2D eigenvalue weighted by Crippen LogP contribution is 2.28. The van der Waals surface area contributed by atoms with E-state index in [0.29, 0.717) is 16.9 Å². The summed E-state index contributed by atoms with van der Waals surface area (Å²) in [7, 11) is 1.72. The molecule has 0 aliphatic rings. The highest BCUT2D eigenvalue weighted by molar-refractivity contribution is 7.92. The number of anilines is 1. The number of aromatic nitrogens is 2. The second-order valence-electron chi connectivity index (χ2n) is 6.27. The standard InChI is InChI=1S/C20H19ClN4O3S.H2S/c1-12-6-4-7-13(2)18(12)16-11-17(21)23-20(22-16)24-25(3)29-28-15-9-5-8-14(10-15)19(26)27;/h4-11H,1-3H3,(H,26,27)(H,22,23,24);1H2. The van der Waals surface area contributed by atoms with Crippen LogP contribution >= 0.6 is 37.3 Å². The van der Waals surface area contributed by atoms with Gasteiger partial charge in [-0.2, -0.15) is 18.5 Å². The van der Waals surface area contributed by atoms with Crippen molar-refractivity contribution in [3.8, 4) is 17.0 Å². The maximum absolute atomic E-state index is 11.0. The quantitative estimate of drug-likeness (QED) is 0.215. The molecule has 3 aromatic rings. The third-order valence-corrected chi connectivity index (χ3v) is 4.79. The lowest BCUT2D eigenvalue weighted by Crippen LogP contribution is -2.20. The normalized spacial score (nSPS) is 10.4. The minimum absolute atomic E-state index is 0. The third kappa shape index (κ3) is 6.02. The molecule has 3 rings (SSSR count). The molecule has 0 saturated carbocycles. The molecule has 7 nitrogen and oxygen atoms in total. The van der Waals surface area contributed by atoms with Gasteiger partial charge in [0.25, 0.3) is 0 Å². The van der Waals surface area contributed by atoms with E-state index in [9.17, 15) is 4.79 Å². The zero-order valence-corrected chi connectivity index (χ0v) is 19.1. The number of aromatic carboxylic acids is 1. The second kappa shape index (κ2) is 10.5. The molecule has 0 fully saturated rings. The number of hydrogen-bond donors (Lipinski definition) is 2. The topological polar surface area (TPSA) is 87.6 Å². The fourth-order valence-electron chi connectivity index (χ4n) is 2.75. The molecular weight excluding hydrogens is 444 g/mol. The fraction of sp³-hybridized carbons (Fsp3) is 0.150. The fourth-order valence-corrected chi connectivity index (χ4v) is 3.36. The van der Waals surface area contributed by atoms with Crippen molar-refractivity contribution in [2.75, 3.05) is 12.5 Å². The van der Waals surface area contributed by atoms with E-state index in [1.165, 1.54) is 12.1 Å². The van der Waals surface area contributed by atoms with Crippen LogP contribution in [-0.2, 0) is 0 Å². The highest BCUT2D eigenvalue weighted by Gasteiger charge is 2.12. The van der Waals surface area contributed by atoms with Crippen LogP contribution in [0.1, 0.15) is 21.5 Å². The van der Waals surface area contributed by atoms with Gasteiger partial charge in [0.15, 0.2) is 12.2 Å². The summed E-state index contributed by atoms with van der Waals surface area (Å²) in [5.74, 6) is -0.293. The smallest absolute Gasteiger partial charge is 0.335 e. The summed E-state index contributed by atoms with van der Waals surface area (Å²) in [6, 6.07) is 14.0. The van der Waals surface area contributed by atoms with E-state index >= 15 is 0 Å². The van der Waals surface area contributed by atoms with Crippen LogP contribution in [0.5, 0.6) is 5.75 Å². The van der Waals surface area contributed by atoms with Gasteiger partial charge in [-0.15, -0.1) is 4.41 Å². The number of carboxylic acid groups (broad SMARTS) is 1. The predicted octanol–water partition coefficient (Wildman–Crippen LogP) is 5.13. The van der Waals surface area contributed by atoms with Crippen molar-refractivity contribution in [2.45, 2.75) is 13.8 Å². The Morgan fingerprint density at radius 2 is 1.80 bits per heavy atom. The first-order valence-electron chi connectivity index (χ1n) is 8.63. The molecular formula is C20H21ClN4O3S2. The number of nitrogens with zero attached hydrogens (tertiary/aromatic N) is 3. The average molecular weight is 465 g/mol. The van der Waals surface area contributed by atoms with Gasteiger partial charge in [-0.3, -0.25) is 5.43 Å². The van der Waals surface area contributed by atoms with E-state index < -0.39 is 5.97 Å². The maximum Gasteiger partial charge on any atom is 0.335 e. The first-order chi connectivity index (χ1) is 13.8. The number of rotatable bonds is 7. The number of hydrogen-bond acceptors (Lipinski definition) is 7. The molecule has 0 bridgehead atoms. The van der Waals surface area contributed by atoms with Gasteiger partial charge in [-0.25, -0.2) is 9.78 Å². The molecule has 1 aromatic heterocycles. The van der Waals surface area contributed by atoms with E-state index in [4.69, 9.17) is 20.9 Å². The van der Waals surface area contributed by atoms with Crippen LogP contribution < -0.4 is 9.61 Å². The first kappa shape index (κ1) is 23.8. The minimum Gasteiger partial charge on any atom is -0.478 e. The predicted molar refractivity (Wildman–Crippen MR) is 125 cm³/mol. The molecule has 0 atom stereocenters. The van der Waals surface area contributed by atoms with Gasteiger partial charge in [-0.1, -0.05) is 35.9 Å². The Bertz CT molecular complexity index is 1030. The van der Waals surface area contributed by atoms with Crippen LogP contribution in [0, 0.1) is 13.8 Å². The molecule has 0 saturated heterocycles. The maximum atomic E-state index is 11.0. The van der Waals surface area contributed by atoms with Crippen molar-refractivity contribution in [2.24, 2.45) is 0 Å². The minimum atomic E-state index is -1.02. The molecule has 0 unspecified atom stereocenters.